The molecule has 0 amide bonds. The zero-order chi connectivity index (χ0) is 11.5. The highest BCUT2D eigenvalue weighted by atomic mass is 16.4. The van der Waals surface area contributed by atoms with Crippen LogP contribution in [-0.2, 0) is 4.79 Å². The van der Waals surface area contributed by atoms with Crippen molar-refractivity contribution < 1.29 is 19.9 Å². The molecule has 15 heavy (non-hydrogen) atoms. The lowest BCUT2D eigenvalue weighted by atomic mass is 9.83. The lowest BCUT2D eigenvalue weighted by molar-refractivity contribution is -0.137. The minimum atomic E-state index is -1.17. The molecule has 0 aromatic carbocycles. The number of carboxylic acid groups (broad SMARTS) is 1. The number of hydrogen-bond acceptors (Lipinski definition) is 3. The van der Waals surface area contributed by atoms with Crippen LogP contribution in [0.5, 0.6) is 0 Å². The van der Waals surface area contributed by atoms with Crippen LogP contribution in [0.15, 0.2) is 0 Å². The third kappa shape index (κ3) is 13.5. The summed E-state index contributed by atoms with van der Waals surface area (Å²) < 4.78 is 0. The van der Waals surface area contributed by atoms with Gasteiger partial charge < -0.3 is 15.2 Å². The zero-order valence-corrected chi connectivity index (χ0v) is 9.19. The Balaban J connectivity index is 2.96. The molecule has 88 valence electrons. The molecule has 0 aromatic heterocycles. The quantitative estimate of drug-likeness (QED) is 0.383. The second kappa shape index (κ2) is 9.99. The van der Waals surface area contributed by atoms with Crippen molar-refractivity contribution in [1.29, 1.82) is 0 Å². The van der Waals surface area contributed by atoms with E-state index in [1.165, 1.54) is 0 Å². The summed E-state index contributed by atoms with van der Waals surface area (Å²) in [6, 6.07) is 0. The second-order valence-electron chi connectivity index (χ2n) is 3.89. The number of hydrogen-bond donors (Lipinski definition) is 3. The summed E-state index contributed by atoms with van der Waals surface area (Å²) in [5.41, 5.74) is 0. The molecule has 0 saturated heterocycles. The first-order valence-electron chi connectivity index (χ1n) is 5.71. The third-order valence-electron chi connectivity index (χ3n) is 2.35. The van der Waals surface area contributed by atoms with Crippen LogP contribution < -0.4 is 0 Å². The average molecular weight is 216 g/mol. The Labute approximate surface area is 91.5 Å². The smallest absolute Gasteiger partial charge is 0.451 e. The van der Waals surface area contributed by atoms with Crippen LogP contribution >= 0.6 is 0 Å². The van der Waals surface area contributed by atoms with E-state index in [1.807, 2.05) is 0 Å². The van der Waals surface area contributed by atoms with E-state index >= 15 is 0 Å². The van der Waals surface area contributed by atoms with Gasteiger partial charge in [0.1, 0.15) is 0 Å². The Bertz CT molecular complexity index is 162. The van der Waals surface area contributed by atoms with E-state index in [2.05, 4.69) is 0 Å². The van der Waals surface area contributed by atoms with Gasteiger partial charge >= 0.3 is 13.1 Å². The summed E-state index contributed by atoms with van der Waals surface area (Å²) in [5, 5.41) is 25.5. The number of unbranched alkanes of at least 4 members (excludes halogenated alkanes) is 6. The Hall–Kier alpha value is -0.545. The van der Waals surface area contributed by atoms with Gasteiger partial charge in [-0.1, -0.05) is 38.5 Å². The van der Waals surface area contributed by atoms with E-state index < -0.39 is 13.1 Å². The maximum Gasteiger partial charge on any atom is 0.451 e. The molecule has 0 bridgehead atoms. The molecule has 0 rings (SSSR count). The van der Waals surface area contributed by atoms with Crippen LogP contribution in [0.3, 0.4) is 0 Å². The average Bonchev–Trinajstić information content (AvgIpc) is 2.14. The van der Waals surface area contributed by atoms with E-state index in [0.717, 1.165) is 44.9 Å². The van der Waals surface area contributed by atoms with Crippen molar-refractivity contribution in [2.75, 3.05) is 0 Å². The van der Waals surface area contributed by atoms with Gasteiger partial charge in [-0.2, -0.15) is 0 Å². The maximum atomic E-state index is 10.2. The molecule has 0 radical (unpaired) electrons. The Morgan fingerprint density at radius 1 is 0.867 bits per heavy atom. The van der Waals surface area contributed by atoms with E-state index in [0.29, 0.717) is 6.32 Å². The highest BCUT2D eigenvalue weighted by molar-refractivity contribution is 6.40. The molecule has 0 aliphatic carbocycles. The lowest BCUT2D eigenvalue weighted by Gasteiger charge is -2.01. The van der Waals surface area contributed by atoms with Crippen molar-refractivity contribution in [1.82, 2.24) is 0 Å². The standard InChI is InChI=1S/C10H21BO4/c12-10(13)8-6-4-2-1-3-5-7-9-11(14)15/h14-15H,1-9H2,(H,12,13). The molecule has 4 nitrogen and oxygen atoms in total. The number of rotatable bonds is 10. The minimum Gasteiger partial charge on any atom is -0.481 e. The molecule has 0 fully saturated rings. The molecule has 0 spiro atoms. The summed E-state index contributed by atoms with van der Waals surface area (Å²) in [5.74, 6) is -0.716. The van der Waals surface area contributed by atoms with Gasteiger partial charge in [0.15, 0.2) is 0 Å². The van der Waals surface area contributed by atoms with Crippen molar-refractivity contribution in [3.63, 3.8) is 0 Å². The van der Waals surface area contributed by atoms with Crippen LogP contribution in [-0.4, -0.2) is 28.2 Å². The SMILES string of the molecule is O=C(O)CCCCCCCCCB(O)O. The first-order valence-corrected chi connectivity index (χ1v) is 5.71. The topological polar surface area (TPSA) is 77.8 Å². The van der Waals surface area contributed by atoms with Gasteiger partial charge in [-0.25, -0.2) is 0 Å². The van der Waals surface area contributed by atoms with Crippen LogP contribution in [0.1, 0.15) is 51.4 Å². The van der Waals surface area contributed by atoms with Gasteiger partial charge in [0.25, 0.3) is 0 Å². The van der Waals surface area contributed by atoms with Crippen LogP contribution in [0.2, 0.25) is 6.32 Å². The molecule has 0 unspecified atom stereocenters. The number of carbonyl (C=O) groups is 1. The largest absolute Gasteiger partial charge is 0.481 e. The first kappa shape index (κ1) is 14.5. The van der Waals surface area contributed by atoms with Gasteiger partial charge in [0, 0.05) is 6.42 Å². The normalized spacial score (nSPS) is 10.3. The van der Waals surface area contributed by atoms with Crippen molar-refractivity contribution >= 4 is 13.1 Å². The van der Waals surface area contributed by atoms with Crippen molar-refractivity contribution in [2.24, 2.45) is 0 Å². The molecular formula is C10H21BO4. The van der Waals surface area contributed by atoms with Gasteiger partial charge in [0.05, 0.1) is 0 Å². The number of carboxylic acids is 1. The monoisotopic (exact) mass is 216 g/mol. The van der Waals surface area contributed by atoms with Gasteiger partial charge in [0.2, 0.25) is 0 Å². The van der Waals surface area contributed by atoms with Gasteiger partial charge in [-0.05, 0) is 12.7 Å². The minimum absolute atomic E-state index is 0.275. The van der Waals surface area contributed by atoms with Crippen LogP contribution in [0.4, 0.5) is 0 Å². The molecule has 0 aliphatic rings. The predicted octanol–water partition coefficient (Wildman–Crippen LogP) is 1.66. The molecule has 0 saturated carbocycles. The van der Waals surface area contributed by atoms with Crippen LogP contribution in [0, 0.1) is 0 Å². The van der Waals surface area contributed by atoms with Crippen LogP contribution in [0.25, 0.3) is 0 Å². The van der Waals surface area contributed by atoms with Crippen molar-refractivity contribution in [2.45, 2.75) is 57.7 Å². The third-order valence-corrected chi connectivity index (χ3v) is 2.35. The molecule has 3 N–H and O–H groups in total. The molecule has 0 aromatic rings. The summed E-state index contributed by atoms with van der Waals surface area (Å²) in [6.07, 6.45) is 7.65. The Morgan fingerprint density at radius 2 is 1.33 bits per heavy atom. The fourth-order valence-corrected chi connectivity index (χ4v) is 1.49. The first-order chi connectivity index (χ1) is 7.13. The fraction of sp³-hybridized carbons (Fsp3) is 0.900. The Kier molecular flexibility index (Phi) is 9.63. The summed E-state index contributed by atoms with van der Waals surface area (Å²) in [4.78, 5) is 10.2. The van der Waals surface area contributed by atoms with Gasteiger partial charge in [-0.15, -0.1) is 0 Å². The molecule has 5 heteroatoms. The Morgan fingerprint density at radius 3 is 1.80 bits per heavy atom. The fourth-order valence-electron chi connectivity index (χ4n) is 1.49. The highest BCUT2D eigenvalue weighted by Gasteiger charge is 2.04. The molecule has 0 atom stereocenters. The molecule has 0 heterocycles. The summed E-state index contributed by atoms with van der Waals surface area (Å²) in [6.45, 7) is 0. The predicted molar refractivity (Wildman–Crippen MR) is 59.6 cm³/mol. The molecular weight excluding hydrogens is 195 g/mol. The number of aliphatic carboxylic acids is 1. The molecule has 0 aliphatic heterocycles. The van der Waals surface area contributed by atoms with E-state index in [9.17, 15) is 4.79 Å². The summed E-state index contributed by atoms with van der Waals surface area (Å²) in [7, 11) is -1.17. The van der Waals surface area contributed by atoms with E-state index in [1.54, 1.807) is 0 Å². The zero-order valence-electron chi connectivity index (χ0n) is 9.19. The van der Waals surface area contributed by atoms with Crippen molar-refractivity contribution in [3.8, 4) is 0 Å². The van der Waals surface area contributed by atoms with E-state index in [4.69, 9.17) is 15.2 Å². The second-order valence-corrected chi connectivity index (χ2v) is 3.89. The summed E-state index contributed by atoms with van der Waals surface area (Å²) >= 11 is 0. The van der Waals surface area contributed by atoms with Gasteiger partial charge in [-0.3, -0.25) is 4.79 Å². The van der Waals surface area contributed by atoms with E-state index in [-0.39, 0.29) is 6.42 Å². The maximum absolute atomic E-state index is 10.2. The lowest BCUT2D eigenvalue weighted by Crippen LogP contribution is -2.09. The van der Waals surface area contributed by atoms with Crippen molar-refractivity contribution in [3.05, 3.63) is 0 Å². The highest BCUT2D eigenvalue weighted by Crippen LogP contribution is 2.10.